The van der Waals surface area contributed by atoms with Crippen LogP contribution in [0, 0.1) is 24.7 Å². The number of ether oxygens (including phenoxy) is 2. The Bertz CT molecular complexity index is 536. The number of benzene rings is 1. The van der Waals surface area contributed by atoms with Crippen LogP contribution in [0.15, 0.2) is 12.1 Å². The van der Waals surface area contributed by atoms with Gasteiger partial charge >= 0.3 is 0 Å². The molecular weight excluding hydrogens is 320 g/mol. The zero-order valence-corrected chi connectivity index (χ0v) is 16.6. The van der Waals surface area contributed by atoms with Crippen LogP contribution >= 0.6 is 0 Å². The summed E-state index contributed by atoms with van der Waals surface area (Å²) in [5, 5.41) is 0. The molecular formula is C24H34O2. The Balaban J connectivity index is 2.57. The summed E-state index contributed by atoms with van der Waals surface area (Å²) in [5.41, 5.74) is 1.41. The molecule has 1 aromatic carbocycles. The molecule has 0 aliphatic heterocycles. The third-order valence-electron chi connectivity index (χ3n) is 4.40. The molecule has 0 aromatic heterocycles. The molecule has 1 aromatic rings. The maximum Gasteiger partial charge on any atom is 0.136 e. The maximum absolute atomic E-state index is 5.88. The molecule has 0 heterocycles. The second-order valence-electron chi connectivity index (χ2n) is 6.66. The largest absolute Gasteiger partial charge is 0.492 e. The second-order valence-corrected chi connectivity index (χ2v) is 6.66. The van der Waals surface area contributed by atoms with Crippen LogP contribution in [0.1, 0.15) is 89.2 Å². The van der Waals surface area contributed by atoms with Gasteiger partial charge in [0, 0.05) is 12.1 Å². The Kier molecular flexibility index (Phi) is 12.0. The van der Waals surface area contributed by atoms with Gasteiger partial charge in [0.2, 0.25) is 0 Å². The topological polar surface area (TPSA) is 18.5 Å². The first-order valence-corrected chi connectivity index (χ1v) is 10.1. The van der Waals surface area contributed by atoms with Crippen molar-refractivity contribution in [3.8, 4) is 36.2 Å². The summed E-state index contributed by atoms with van der Waals surface area (Å²) in [6.45, 7) is 5.76. The molecule has 0 unspecified atom stereocenters. The summed E-state index contributed by atoms with van der Waals surface area (Å²) >= 11 is 0. The minimum atomic E-state index is 0.667. The van der Waals surface area contributed by atoms with E-state index in [-0.39, 0.29) is 0 Å². The monoisotopic (exact) mass is 354 g/mol. The third-order valence-corrected chi connectivity index (χ3v) is 4.40. The van der Waals surface area contributed by atoms with Gasteiger partial charge in [0.05, 0.1) is 24.3 Å². The lowest BCUT2D eigenvalue weighted by Gasteiger charge is -2.13. The van der Waals surface area contributed by atoms with Gasteiger partial charge in [-0.05, 0) is 12.8 Å². The van der Waals surface area contributed by atoms with E-state index in [1.165, 1.54) is 51.4 Å². The molecule has 0 radical (unpaired) electrons. The van der Waals surface area contributed by atoms with Crippen molar-refractivity contribution in [1.82, 2.24) is 0 Å². The van der Waals surface area contributed by atoms with E-state index in [1.807, 2.05) is 12.1 Å². The van der Waals surface area contributed by atoms with E-state index in [9.17, 15) is 0 Å². The van der Waals surface area contributed by atoms with Crippen LogP contribution in [-0.2, 0) is 0 Å². The normalized spacial score (nSPS) is 10.2. The molecule has 2 nitrogen and oxygen atoms in total. The first kappa shape index (κ1) is 22.0. The standard InChI is InChI=1S/C24H34O2/c1-5-9-11-13-15-17-25-23-19-22(8-4)24(20-21(23)7-3)26-18-16-14-12-10-6-2/h3-4,19-20H,5-6,9-18H2,1-2H3. The van der Waals surface area contributed by atoms with Gasteiger partial charge in [-0.2, -0.15) is 0 Å². The highest BCUT2D eigenvalue weighted by molar-refractivity contribution is 5.57. The molecule has 0 N–H and O–H groups in total. The van der Waals surface area contributed by atoms with Gasteiger partial charge in [0.1, 0.15) is 11.5 Å². The van der Waals surface area contributed by atoms with Crippen LogP contribution in [0.5, 0.6) is 11.5 Å². The second kappa shape index (κ2) is 14.1. The molecule has 142 valence electrons. The quantitative estimate of drug-likeness (QED) is 0.286. The minimum Gasteiger partial charge on any atom is -0.492 e. The van der Waals surface area contributed by atoms with Crippen LogP contribution in [0.3, 0.4) is 0 Å². The molecule has 0 bridgehead atoms. The van der Waals surface area contributed by atoms with Crippen LogP contribution in [0.25, 0.3) is 0 Å². The number of rotatable bonds is 14. The highest BCUT2D eigenvalue weighted by Gasteiger charge is 2.10. The van der Waals surface area contributed by atoms with E-state index in [2.05, 4.69) is 25.7 Å². The van der Waals surface area contributed by atoms with Crippen molar-refractivity contribution in [2.75, 3.05) is 13.2 Å². The van der Waals surface area contributed by atoms with E-state index >= 15 is 0 Å². The van der Waals surface area contributed by atoms with Gasteiger partial charge in [-0.3, -0.25) is 0 Å². The number of terminal acetylenes is 2. The molecule has 1 rings (SSSR count). The minimum absolute atomic E-state index is 0.667. The van der Waals surface area contributed by atoms with Crippen molar-refractivity contribution >= 4 is 0 Å². The maximum atomic E-state index is 5.88. The zero-order chi connectivity index (χ0) is 19.0. The lowest BCUT2D eigenvalue weighted by atomic mass is 10.1. The molecule has 0 saturated heterocycles. The third kappa shape index (κ3) is 8.35. The van der Waals surface area contributed by atoms with Gasteiger partial charge in [0.25, 0.3) is 0 Å². The van der Waals surface area contributed by atoms with Gasteiger partial charge in [0.15, 0.2) is 0 Å². The van der Waals surface area contributed by atoms with Crippen molar-refractivity contribution in [1.29, 1.82) is 0 Å². The summed E-state index contributed by atoms with van der Waals surface area (Å²) in [6.07, 6.45) is 23.3. The van der Waals surface area contributed by atoms with E-state index in [0.29, 0.717) is 35.8 Å². The van der Waals surface area contributed by atoms with Gasteiger partial charge < -0.3 is 9.47 Å². The summed E-state index contributed by atoms with van der Waals surface area (Å²) < 4.78 is 11.8. The van der Waals surface area contributed by atoms with E-state index < -0.39 is 0 Å². The van der Waals surface area contributed by atoms with Crippen LogP contribution in [-0.4, -0.2) is 13.2 Å². The molecule has 0 aliphatic rings. The van der Waals surface area contributed by atoms with Gasteiger partial charge in [-0.25, -0.2) is 0 Å². The van der Waals surface area contributed by atoms with Crippen LogP contribution in [0.2, 0.25) is 0 Å². The fourth-order valence-electron chi connectivity index (χ4n) is 2.80. The highest BCUT2D eigenvalue weighted by atomic mass is 16.5. The first-order valence-electron chi connectivity index (χ1n) is 10.1. The van der Waals surface area contributed by atoms with E-state index in [4.69, 9.17) is 22.3 Å². The lowest BCUT2D eigenvalue weighted by molar-refractivity contribution is 0.295. The van der Waals surface area contributed by atoms with Crippen molar-refractivity contribution < 1.29 is 9.47 Å². The summed E-state index contributed by atoms with van der Waals surface area (Å²) in [6, 6.07) is 3.68. The predicted octanol–water partition coefficient (Wildman–Crippen LogP) is 6.35. The smallest absolute Gasteiger partial charge is 0.136 e. The number of hydrogen-bond acceptors (Lipinski definition) is 2. The lowest BCUT2D eigenvalue weighted by Crippen LogP contribution is -2.03. The van der Waals surface area contributed by atoms with Crippen molar-refractivity contribution in [3.05, 3.63) is 23.3 Å². The zero-order valence-electron chi connectivity index (χ0n) is 16.6. The van der Waals surface area contributed by atoms with Crippen LogP contribution in [0.4, 0.5) is 0 Å². The Morgan fingerprint density at radius 2 is 1.04 bits per heavy atom. The fraction of sp³-hybridized carbons (Fsp3) is 0.583. The Hall–Kier alpha value is -2.06. The Morgan fingerprint density at radius 1 is 0.654 bits per heavy atom. The average Bonchev–Trinajstić information content (AvgIpc) is 2.67. The SMILES string of the molecule is C#Cc1cc(OCCCCCCC)c(C#C)cc1OCCCCCCC. The molecule has 0 fully saturated rings. The van der Waals surface area contributed by atoms with Gasteiger partial charge in [-0.1, -0.05) is 77.1 Å². The Morgan fingerprint density at radius 3 is 1.38 bits per heavy atom. The first-order chi connectivity index (χ1) is 12.8. The molecule has 2 heteroatoms. The van der Waals surface area contributed by atoms with E-state index in [0.717, 1.165) is 12.8 Å². The molecule has 0 aliphatic carbocycles. The fourth-order valence-corrected chi connectivity index (χ4v) is 2.80. The predicted molar refractivity (Wildman–Crippen MR) is 111 cm³/mol. The molecule has 26 heavy (non-hydrogen) atoms. The van der Waals surface area contributed by atoms with Crippen molar-refractivity contribution in [3.63, 3.8) is 0 Å². The highest BCUT2D eigenvalue weighted by Crippen LogP contribution is 2.28. The van der Waals surface area contributed by atoms with E-state index in [1.54, 1.807) is 0 Å². The van der Waals surface area contributed by atoms with Crippen LogP contribution < -0.4 is 9.47 Å². The molecule has 0 spiro atoms. The Labute approximate surface area is 160 Å². The van der Waals surface area contributed by atoms with Crippen molar-refractivity contribution in [2.24, 2.45) is 0 Å². The molecule has 0 atom stereocenters. The average molecular weight is 355 g/mol. The number of hydrogen-bond donors (Lipinski definition) is 0. The summed E-state index contributed by atoms with van der Waals surface area (Å²) in [4.78, 5) is 0. The number of unbranched alkanes of at least 4 members (excludes halogenated alkanes) is 8. The molecule has 0 amide bonds. The van der Waals surface area contributed by atoms with Crippen molar-refractivity contribution in [2.45, 2.75) is 78.1 Å². The molecule has 0 saturated carbocycles. The summed E-state index contributed by atoms with van der Waals surface area (Å²) in [7, 11) is 0. The van der Waals surface area contributed by atoms with Gasteiger partial charge in [-0.15, -0.1) is 12.8 Å². The summed E-state index contributed by atoms with van der Waals surface area (Å²) in [5.74, 6) is 6.76.